The normalized spacial score (nSPS) is 14.3. The number of hydrogen-bond donors (Lipinski definition) is 2. The van der Waals surface area contributed by atoms with Gasteiger partial charge in [0.2, 0.25) is 11.8 Å². The van der Waals surface area contributed by atoms with Crippen LogP contribution in [0, 0.1) is 0 Å². The summed E-state index contributed by atoms with van der Waals surface area (Å²) in [7, 11) is 1.51. The molecule has 3 rings (SSSR count). The van der Waals surface area contributed by atoms with Gasteiger partial charge in [-0.05, 0) is 18.9 Å². The van der Waals surface area contributed by atoms with Crippen LogP contribution in [0.15, 0.2) is 30.7 Å². The molecule has 1 fully saturated rings. The van der Waals surface area contributed by atoms with Crippen molar-refractivity contribution in [3.05, 3.63) is 36.3 Å². The summed E-state index contributed by atoms with van der Waals surface area (Å²) in [6, 6.07) is 3.52. The summed E-state index contributed by atoms with van der Waals surface area (Å²) in [4.78, 5) is 28.2. The van der Waals surface area contributed by atoms with Gasteiger partial charge in [-0.2, -0.15) is 5.10 Å². The summed E-state index contributed by atoms with van der Waals surface area (Å²) in [5, 5.41) is 9.84. The second kappa shape index (κ2) is 7.78. The summed E-state index contributed by atoms with van der Waals surface area (Å²) in [5.41, 5.74) is 0.932. The molecule has 8 nitrogen and oxygen atoms in total. The highest BCUT2D eigenvalue weighted by molar-refractivity contribution is 6.03. The van der Waals surface area contributed by atoms with Crippen molar-refractivity contribution in [2.45, 2.75) is 38.3 Å². The molecule has 0 spiro atoms. The largest absolute Gasteiger partial charge is 0.481 e. The van der Waals surface area contributed by atoms with Crippen LogP contribution in [0.2, 0.25) is 0 Å². The van der Waals surface area contributed by atoms with Crippen molar-refractivity contribution in [1.29, 1.82) is 0 Å². The molecular weight excluding hydrogens is 322 g/mol. The molecule has 2 aromatic rings. The van der Waals surface area contributed by atoms with Gasteiger partial charge in [-0.1, -0.05) is 12.8 Å². The van der Waals surface area contributed by atoms with Crippen molar-refractivity contribution >= 4 is 17.5 Å². The minimum absolute atomic E-state index is 0.0627. The molecule has 0 radical (unpaired) electrons. The Morgan fingerprint density at radius 1 is 1.28 bits per heavy atom. The van der Waals surface area contributed by atoms with E-state index in [9.17, 15) is 9.59 Å². The highest BCUT2D eigenvalue weighted by atomic mass is 16.5. The van der Waals surface area contributed by atoms with Gasteiger partial charge in [0.05, 0.1) is 24.6 Å². The van der Waals surface area contributed by atoms with Gasteiger partial charge in [0.1, 0.15) is 6.54 Å². The second-order valence-electron chi connectivity index (χ2n) is 6.02. The van der Waals surface area contributed by atoms with Crippen LogP contribution in [-0.2, 0) is 11.3 Å². The fourth-order valence-electron chi connectivity index (χ4n) is 2.84. The molecule has 132 valence electrons. The van der Waals surface area contributed by atoms with E-state index in [2.05, 4.69) is 20.7 Å². The number of carbonyl (C=O) groups excluding carboxylic acids is 2. The lowest BCUT2D eigenvalue weighted by molar-refractivity contribution is -0.122. The maximum absolute atomic E-state index is 12.2. The van der Waals surface area contributed by atoms with Crippen LogP contribution in [0.1, 0.15) is 36.0 Å². The number of ether oxygens (including phenoxy) is 1. The number of pyridine rings is 1. The predicted octanol–water partition coefficient (Wildman–Crippen LogP) is 1.60. The molecule has 0 aliphatic heterocycles. The van der Waals surface area contributed by atoms with E-state index in [1.807, 2.05) is 0 Å². The number of hydrogen-bond acceptors (Lipinski definition) is 5. The Balaban J connectivity index is 1.53. The summed E-state index contributed by atoms with van der Waals surface area (Å²) in [6.45, 7) is 0.135. The van der Waals surface area contributed by atoms with E-state index < -0.39 is 0 Å². The Kier molecular flexibility index (Phi) is 5.27. The fourth-order valence-corrected chi connectivity index (χ4v) is 2.84. The first-order valence-electron chi connectivity index (χ1n) is 8.27. The molecule has 0 aromatic carbocycles. The number of nitrogens with zero attached hydrogens (tertiary/aromatic N) is 3. The lowest BCUT2D eigenvalue weighted by Crippen LogP contribution is -2.35. The number of anilines is 1. The zero-order valence-corrected chi connectivity index (χ0v) is 14.1. The third kappa shape index (κ3) is 4.56. The molecular formula is C17H21N5O3. The van der Waals surface area contributed by atoms with Crippen LogP contribution in [0.5, 0.6) is 5.88 Å². The standard InChI is InChI=1S/C17H21N5O3/c1-25-16-7-6-12(8-18-16)17(24)21-14-9-19-22(10-14)11-15(23)20-13-4-2-3-5-13/h6-10,13H,2-5,11H2,1H3,(H,20,23)(H,21,24). The molecule has 1 aliphatic rings. The first-order valence-corrected chi connectivity index (χ1v) is 8.27. The third-order valence-electron chi connectivity index (χ3n) is 4.12. The van der Waals surface area contributed by atoms with Gasteiger partial charge < -0.3 is 15.4 Å². The van der Waals surface area contributed by atoms with Crippen LogP contribution < -0.4 is 15.4 Å². The average Bonchev–Trinajstić information content (AvgIpc) is 3.27. The van der Waals surface area contributed by atoms with E-state index >= 15 is 0 Å². The zero-order valence-electron chi connectivity index (χ0n) is 14.1. The number of methoxy groups -OCH3 is 1. The van der Waals surface area contributed by atoms with Gasteiger partial charge in [0, 0.05) is 24.5 Å². The molecule has 0 unspecified atom stereocenters. The van der Waals surface area contributed by atoms with Crippen LogP contribution in [0.3, 0.4) is 0 Å². The molecule has 25 heavy (non-hydrogen) atoms. The predicted molar refractivity (Wildman–Crippen MR) is 91.4 cm³/mol. The topological polar surface area (TPSA) is 98.1 Å². The Morgan fingerprint density at radius 3 is 2.76 bits per heavy atom. The highest BCUT2D eigenvalue weighted by Crippen LogP contribution is 2.17. The summed E-state index contributed by atoms with van der Waals surface area (Å²) in [6.07, 6.45) is 9.00. The summed E-state index contributed by atoms with van der Waals surface area (Å²) >= 11 is 0. The molecule has 0 bridgehead atoms. The van der Waals surface area contributed by atoms with E-state index in [-0.39, 0.29) is 24.4 Å². The lowest BCUT2D eigenvalue weighted by Gasteiger charge is -2.11. The highest BCUT2D eigenvalue weighted by Gasteiger charge is 2.17. The van der Waals surface area contributed by atoms with Gasteiger partial charge in [0.25, 0.3) is 5.91 Å². The Bertz CT molecular complexity index is 735. The van der Waals surface area contributed by atoms with Gasteiger partial charge in [-0.3, -0.25) is 14.3 Å². The number of aromatic nitrogens is 3. The minimum Gasteiger partial charge on any atom is -0.481 e. The van der Waals surface area contributed by atoms with E-state index in [4.69, 9.17) is 4.74 Å². The monoisotopic (exact) mass is 343 g/mol. The number of amides is 2. The molecule has 2 aromatic heterocycles. The van der Waals surface area contributed by atoms with Crippen molar-refractivity contribution < 1.29 is 14.3 Å². The quantitative estimate of drug-likeness (QED) is 0.830. The maximum atomic E-state index is 12.2. The molecule has 2 heterocycles. The van der Waals surface area contributed by atoms with E-state index in [1.165, 1.54) is 37.0 Å². The smallest absolute Gasteiger partial charge is 0.257 e. The second-order valence-corrected chi connectivity index (χ2v) is 6.02. The molecule has 0 saturated heterocycles. The van der Waals surface area contributed by atoms with Crippen LogP contribution >= 0.6 is 0 Å². The summed E-state index contributed by atoms with van der Waals surface area (Å²) < 4.78 is 6.47. The molecule has 1 aliphatic carbocycles. The van der Waals surface area contributed by atoms with Crippen LogP contribution in [-0.4, -0.2) is 39.7 Å². The molecule has 1 saturated carbocycles. The third-order valence-corrected chi connectivity index (χ3v) is 4.12. The van der Waals surface area contributed by atoms with Crippen LogP contribution in [0.25, 0.3) is 0 Å². The zero-order chi connectivity index (χ0) is 17.6. The minimum atomic E-state index is -0.301. The molecule has 2 N–H and O–H groups in total. The fraction of sp³-hybridized carbons (Fsp3) is 0.412. The van der Waals surface area contributed by atoms with E-state index in [0.717, 1.165) is 12.8 Å². The van der Waals surface area contributed by atoms with Crippen molar-refractivity contribution in [3.8, 4) is 5.88 Å². The lowest BCUT2D eigenvalue weighted by atomic mass is 10.2. The number of nitrogens with one attached hydrogen (secondary N) is 2. The summed E-state index contributed by atoms with van der Waals surface area (Å²) in [5.74, 6) is 0.0787. The number of rotatable bonds is 6. The Labute approximate surface area is 145 Å². The van der Waals surface area contributed by atoms with Gasteiger partial charge in [0.15, 0.2) is 0 Å². The van der Waals surface area contributed by atoms with Crippen molar-refractivity contribution in [3.63, 3.8) is 0 Å². The van der Waals surface area contributed by atoms with Gasteiger partial charge >= 0.3 is 0 Å². The van der Waals surface area contributed by atoms with Crippen molar-refractivity contribution in [2.75, 3.05) is 12.4 Å². The van der Waals surface area contributed by atoms with Crippen LogP contribution in [0.4, 0.5) is 5.69 Å². The average molecular weight is 343 g/mol. The molecule has 8 heteroatoms. The van der Waals surface area contributed by atoms with Gasteiger partial charge in [-0.15, -0.1) is 0 Å². The first-order chi connectivity index (χ1) is 12.1. The first kappa shape index (κ1) is 16.9. The Hall–Kier alpha value is -2.90. The van der Waals surface area contributed by atoms with Crippen molar-refractivity contribution in [1.82, 2.24) is 20.1 Å². The van der Waals surface area contributed by atoms with Crippen molar-refractivity contribution in [2.24, 2.45) is 0 Å². The number of carbonyl (C=O) groups is 2. The van der Waals surface area contributed by atoms with Gasteiger partial charge in [-0.25, -0.2) is 4.98 Å². The Morgan fingerprint density at radius 2 is 2.08 bits per heavy atom. The molecule has 2 amide bonds. The maximum Gasteiger partial charge on any atom is 0.257 e. The SMILES string of the molecule is COc1ccc(C(=O)Nc2cnn(CC(=O)NC3CCCC3)c2)cn1. The van der Waals surface area contributed by atoms with E-state index in [1.54, 1.807) is 18.3 Å². The molecule has 0 atom stereocenters. The van der Waals surface area contributed by atoms with E-state index in [0.29, 0.717) is 17.1 Å².